The van der Waals surface area contributed by atoms with E-state index in [0.29, 0.717) is 11.5 Å². The normalized spacial score (nSPS) is 11.0. The second kappa shape index (κ2) is 8.73. The molecule has 1 N–H and O–H groups in total. The van der Waals surface area contributed by atoms with E-state index in [-0.39, 0.29) is 22.0 Å². The molecule has 2 aromatic carbocycles. The quantitative estimate of drug-likeness (QED) is 0.218. The standard InChI is InChI=1S/C20H11BrClN3O4/c21-14-3-1-12(2-4-14)19-8-6-16(29-19)9-13(11-23)20(26)24-15-5-7-17(22)18(10-15)25(27)28/h1-10H,(H,24,26)/b13-9+. The molecule has 0 radical (unpaired) electrons. The van der Waals surface area contributed by atoms with Crippen molar-refractivity contribution in [2.24, 2.45) is 0 Å². The number of nitrogens with one attached hydrogen (secondary N) is 1. The lowest BCUT2D eigenvalue weighted by molar-refractivity contribution is -0.384. The molecule has 7 nitrogen and oxygen atoms in total. The maximum absolute atomic E-state index is 12.4. The van der Waals surface area contributed by atoms with Crippen LogP contribution in [-0.2, 0) is 4.79 Å². The maximum Gasteiger partial charge on any atom is 0.289 e. The van der Waals surface area contributed by atoms with E-state index in [0.717, 1.165) is 16.1 Å². The molecule has 0 aliphatic heterocycles. The molecular formula is C20H11BrClN3O4. The van der Waals surface area contributed by atoms with Gasteiger partial charge in [-0.15, -0.1) is 0 Å². The van der Waals surface area contributed by atoms with E-state index in [2.05, 4.69) is 21.2 Å². The smallest absolute Gasteiger partial charge is 0.289 e. The van der Waals surface area contributed by atoms with Crippen LogP contribution in [0.5, 0.6) is 0 Å². The zero-order valence-corrected chi connectivity index (χ0v) is 16.9. The Labute approximate surface area is 178 Å². The van der Waals surface area contributed by atoms with Gasteiger partial charge in [0.15, 0.2) is 0 Å². The topological polar surface area (TPSA) is 109 Å². The summed E-state index contributed by atoms with van der Waals surface area (Å²) in [6.07, 6.45) is 1.29. The molecule has 0 aliphatic carbocycles. The van der Waals surface area contributed by atoms with Gasteiger partial charge in [-0.25, -0.2) is 0 Å². The number of nitro groups is 1. The molecule has 0 unspecified atom stereocenters. The molecule has 0 bridgehead atoms. The van der Waals surface area contributed by atoms with E-state index in [4.69, 9.17) is 16.0 Å². The first-order valence-corrected chi connectivity index (χ1v) is 9.27. The third kappa shape index (κ3) is 4.90. The molecule has 144 valence electrons. The second-order valence-corrected chi connectivity index (χ2v) is 7.08. The van der Waals surface area contributed by atoms with Crippen molar-refractivity contribution in [1.82, 2.24) is 0 Å². The predicted molar refractivity (Wildman–Crippen MR) is 112 cm³/mol. The summed E-state index contributed by atoms with van der Waals surface area (Å²) in [6, 6.07) is 16.4. The summed E-state index contributed by atoms with van der Waals surface area (Å²) < 4.78 is 6.61. The monoisotopic (exact) mass is 471 g/mol. The van der Waals surface area contributed by atoms with Gasteiger partial charge in [-0.2, -0.15) is 5.26 Å². The summed E-state index contributed by atoms with van der Waals surface area (Å²) in [5.74, 6) is 0.164. The molecule has 29 heavy (non-hydrogen) atoms. The van der Waals surface area contributed by atoms with E-state index in [1.807, 2.05) is 24.3 Å². The van der Waals surface area contributed by atoms with Gasteiger partial charge in [-0.3, -0.25) is 14.9 Å². The Hall–Kier alpha value is -3.41. The number of furan rings is 1. The Morgan fingerprint density at radius 1 is 1.21 bits per heavy atom. The van der Waals surface area contributed by atoms with Crippen LogP contribution >= 0.6 is 27.5 Å². The Balaban J connectivity index is 1.81. The van der Waals surface area contributed by atoms with Crippen LogP contribution in [0, 0.1) is 21.4 Å². The maximum atomic E-state index is 12.4. The fourth-order valence-electron chi connectivity index (χ4n) is 2.42. The van der Waals surface area contributed by atoms with E-state index in [1.165, 1.54) is 18.2 Å². The number of halogens is 2. The minimum atomic E-state index is -0.731. The number of nitro benzene ring substituents is 1. The highest BCUT2D eigenvalue weighted by molar-refractivity contribution is 9.10. The molecule has 0 aliphatic rings. The largest absolute Gasteiger partial charge is 0.457 e. The van der Waals surface area contributed by atoms with E-state index >= 15 is 0 Å². The van der Waals surface area contributed by atoms with Crippen molar-refractivity contribution in [2.75, 3.05) is 5.32 Å². The van der Waals surface area contributed by atoms with E-state index in [1.54, 1.807) is 18.2 Å². The molecule has 0 saturated heterocycles. The van der Waals surface area contributed by atoms with E-state index < -0.39 is 10.8 Å². The zero-order valence-electron chi connectivity index (χ0n) is 14.6. The van der Waals surface area contributed by atoms with Gasteiger partial charge in [0.2, 0.25) is 0 Å². The first-order chi connectivity index (χ1) is 13.9. The van der Waals surface area contributed by atoms with Crippen molar-refractivity contribution in [3.63, 3.8) is 0 Å². The lowest BCUT2D eigenvalue weighted by Gasteiger charge is -2.04. The summed E-state index contributed by atoms with van der Waals surface area (Å²) in [4.78, 5) is 22.7. The molecule has 0 fully saturated rings. The van der Waals surface area contributed by atoms with Crippen LogP contribution in [0.3, 0.4) is 0 Å². The highest BCUT2D eigenvalue weighted by atomic mass is 79.9. The third-order valence-electron chi connectivity index (χ3n) is 3.81. The average molecular weight is 473 g/mol. The summed E-state index contributed by atoms with van der Waals surface area (Å²) in [6.45, 7) is 0. The van der Waals surface area contributed by atoms with Gasteiger partial charge in [-0.1, -0.05) is 39.7 Å². The molecule has 0 saturated carbocycles. The van der Waals surface area contributed by atoms with Gasteiger partial charge in [0.25, 0.3) is 11.6 Å². The number of nitrogens with zero attached hydrogens (tertiary/aromatic N) is 2. The Morgan fingerprint density at radius 2 is 1.93 bits per heavy atom. The van der Waals surface area contributed by atoms with Crippen LogP contribution < -0.4 is 5.32 Å². The Kier molecular flexibility index (Phi) is 6.12. The lowest BCUT2D eigenvalue weighted by atomic mass is 10.2. The second-order valence-electron chi connectivity index (χ2n) is 5.76. The Morgan fingerprint density at radius 3 is 2.59 bits per heavy atom. The van der Waals surface area contributed by atoms with E-state index in [9.17, 15) is 20.2 Å². The summed E-state index contributed by atoms with van der Waals surface area (Å²) in [7, 11) is 0. The van der Waals surface area contributed by atoms with Gasteiger partial charge in [-0.05, 0) is 36.4 Å². The molecule has 1 aromatic heterocycles. The van der Waals surface area contributed by atoms with Crippen LogP contribution in [0.1, 0.15) is 5.76 Å². The molecule has 1 heterocycles. The lowest BCUT2D eigenvalue weighted by Crippen LogP contribution is -2.13. The van der Waals surface area contributed by atoms with Gasteiger partial charge in [0.05, 0.1) is 4.92 Å². The van der Waals surface area contributed by atoms with Crippen molar-refractivity contribution in [2.45, 2.75) is 0 Å². The summed E-state index contributed by atoms with van der Waals surface area (Å²) >= 11 is 9.11. The summed E-state index contributed by atoms with van der Waals surface area (Å²) in [5.41, 5.74) is 0.406. The van der Waals surface area contributed by atoms with Crippen molar-refractivity contribution in [3.8, 4) is 17.4 Å². The highest BCUT2D eigenvalue weighted by Gasteiger charge is 2.16. The van der Waals surface area contributed by atoms with Crippen molar-refractivity contribution in [3.05, 3.63) is 85.5 Å². The number of rotatable bonds is 5. The number of amides is 1. The molecule has 3 aromatic rings. The number of carbonyl (C=O) groups is 1. The highest BCUT2D eigenvalue weighted by Crippen LogP contribution is 2.28. The number of hydrogen-bond acceptors (Lipinski definition) is 5. The number of hydrogen-bond donors (Lipinski definition) is 1. The Bertz CT molecular complexity index is 1160. The zero-order chi connectivity index (χ0) is 21.0. The molecule has 0 spiro atoms. The number of nitriles is 1. The summed E-state index contributed by atoms with van der Waals surface area (Å²) in [5, 5.41) is 22.7. The fraction of sp³-hybridized carbons (Fsp3) is 0. The molecule has 1 amide bonds. The molecular weight excluding hydrogens is 462 g/mol. The first-order valence-electron chi connectivity index (χ1n) is 8.10. The molecule has 9 heteroatoms. The minimum absolute atomic E-state index is 0.0555. The van der Waals surface area contributed by atoms with Crippen LogP contribution in [-0.4, -0.2) is 10.8 Å². The van der Waals surface area contributed by atoms with Crippen molar-refractivity contribution >= 4 is 50.9 Å². The number of anilines is 1. The predicted octanol–water partition coefficient (Wildman–Crippen LogP) is 5.82. The van der Waals surface area contributed by atoms with Crippen molar-refractivity contribution < 1.29 is 14.1 Å². The average Bonchev–Trinajstić information content (AvgIpc) is 3.16. The SMILES string of the molecule is N#C/C(=C\c1ccc(-c2ccc(Br)cc2)o1)C(=O)Nc1ccc(Cl)c([N+](=O)[O-])c1. The minimum Gasteiger partial charge on any atom is -0.457 e. The van der Waals surface area contributed by atoms with Gasteiger partial charge >= 0.3 is 0 Å². The molecule has 0 atom stereocenters. The van der Waals surface area contributed by atoms with Gasteiger partial charge in [0, 0.05) is 27.9 Å². The van der Waals surface area contributed by atoms with Crippen molar-refractivity contribution in [1.29, 1.82) is 5.26 Å². The van der Waals surface area contributed by atoms with Crippen LogP contribution in [0.15, 0.2) is 69.1 Å². The van der Waals surface area contributed by atoms with Crippen LogP contribution in [0.25, 0.3) is 17.4 Å². The van der Waals surface area contributed by atoms with Crippen LogP contribution in [0.2, 0.25) is 5.02 Å². The fourth-order valence-corrected chi connectivity index (χ4v) is 2.87. The first kappa shape index (κ1) is 20.3. The third-order valence-corrected chi connectivity index (χ3v) is 4.66. The number of carbonyl (C=O) groups excluding carboxylic acids is 1. The van der Waals surface area contributed by atoms with Gasteiger partial charge < -0.3 is 9.73 Å². The molecule has 3 rings (SSSR count). The van der Waals surface area contributed by atoms with Crippen LogP contribution in [0.4, 0.5) is 11.4 Å². The number of benzene rings is 2. The van der Waals surface area contributed by atoms with Gasteiger partial charge in [0.1, 0.15) is 28.2 Å².